The van der Waals surface area contributed by atoms with E-state index in [1.54, 1.807) is 6.07 Å². The van der Waals surface area contributed by atoms with Gasteiger partial charge >= 0.3 is 0 Å². The smallest absolute Gasteiger partial charge is 0.217 e. The van der Waals surface area contributed by atoms with E-state index in [0.717, 1.165) is 24.8 Å². The molecule has 122 valence electrons. The molecule has 6 nitrogen and oxygen atoms in total. The zero-order valence-corrected chi connectivity index (χ0v) is 13.9. The number of nitrogens with one attached hydrogen (secondary N) is 2. The van der Waals surface area contributed by atoms with E-state index < -0.39 is 10.0 Å². The van der Waals surface area contributed by atoms with Gasteiger partial charge in [-0.2, -0.15) is 0 Å². The Bertz CT molecular complexity index is 732. The third-order valence-corrected chi connectivity index (χ3v) is 5.09. The minimum Gasteiger partial charge on any atom is -0.356 e. The third-order valence-electron chi connectivity index (χ3n) is 3.75. The van der Waals surface area contributed by atoms with Crippen LogP contribution in [-0.4, -0.2) is 32.2 Å². The van der Waals surface area contributed by atoms with E-state index in [4.69, 9.17) is 4.52 Å². The molecular formula is C14H20ClN3O3S. The first kappa shape index (κ1) is 17.2. The first-order chi connectivity index (χ1) is 10.0. The number of hydrogen-bond donors (Lipinski definition) is 2. The Morgan fingerprint density at radius 1 is 1.41 bits per heavy atom. The minimum absolute atomic E-state index is 0. The predicted molar refractivity (Wildman–Crippen MR) is 87.5 cm³/mol. The van der Waals surface area contributed by atoms with Crippen molar-refractivity contribution < 1.29 is 12.9 Å². The van der Waals surface area contributed by atoms with Gasteiger partial charge in [0.25, 0.3) is 0 Å². The first-order valence-corrected chi connectivity index (χ1v) is 8.75. The maximum atomic E-state index is 12.3. The lowest BCUT2D eigenvalue weighted by atomic mass is 10.0. The second-order valence-corrected chi connectivity index (χ2v) is 7.33. The summed E-state index contributed by atoms with van der Waals surface area (Å²) in [4.78, 5) is 0. The predicted octanol–water partition coefficient (Wildman–Crippen LogP) is 1.81. The van der Waals surface area contributed by atoms with Gasteiger partial charge in [-0.25, -0.2) is 13.1 Å². The first-order valence-electron chi connectivity index (χ1n) is 7.10. The highest BCUT2D eigenvalue weighted by atomic mass is 35.5. The maximum absolute atomic E-state index is 12.3. The van der Waals surface area contributed by atoms with Gasteiger partial charge in [-0.15, -0.1) is 12.4 Å². The molecule has 2 aromatic rings. The summed E-state index contributed by atoms with van der Waals surface area (Å²) in [6.45, 7) is 2.90. The van der Waals surface area contributed by atoms with E-state index in [2.05, 4.69) is 22.1 Å². The number of fused-ring (bicyclic) bond motifs is 1. The molecule has 1 aromatic heterocycles. The van der Waals surface area contributed by atoms with Gasteiger partial charge in [0.2, 0.25) is 10.0 Å². The fourth-order valence-electron chi connectivity index (χ4n) is 2.76. The topological polar surface area (TPSA) is 84.2 Å². The molecule has 1 aromatic carbocycles. The molecule has 22 heavy (non-hydrogen) atoms. The van der Waals surface area contributed by atoms with Crippen molar-refractivity contribution in [2.45, 2.75) is 37.6 Å². The van der Waals surface area contributed by atoms with E-state index in [9.17, 15) is 8.42 Å². The number of halogens is 1. The molecule has 8 heteroatoms. The van der Waals surface area contributed by atoms with Crippen molar-refractivity contribution in [1.29, 1.82) is 0 Å². The average Bonchev–Trinajstić information content (AvgIpc) is 2.81. The highest BCUT2D eigenvalue weighted by molar-refractivity contribution is 7.88. The monoisotopic (exact) mass is 345 g/mol. The van der Waals surface area contributed by atoms with Crippen LogP contribution in [0, 0.1) is 0 Å². The minimum atomic E-state index is -3.42. The summed E-state index contributed by atoms with van der Waals surface area (Å²) in [5.74, 6) is -0.150. The summed E-state index contributed by atoms with van der Waals surface area (Å²) in [5.41, 5.74) is 1.07. The Hall–Kier alpha value is -1.15. The molecule has 0 bridgehead atoms. The van der Waals surface area contributed by atoms with E-state index in [1.807, 2.05) is 18.2 Å². The van der Waals surface area contributed by atoms with Gasteiger partial charge in [-0.1, -0.05) is 17.3 Å². The number of piperidine rings is 1. The lowest BCUT2D eigenvalue weighted by Crippen LogP contribution is -2.46. The Kier molecular flexibility index (Phi) is 5.44. The van der Waals surface area contributed by atoms with Crippen LogP contribution in [0.3, 0.4) is 0 Å². The lowest BCUT2D eigenvalue weighted by molar-refractivity contribution is 0.361. The summed E-state index contributed by atoms with van der Waals surface area (Å²) < 4.78 is 32.5. The van der Waals surface area contributed by atoms with Crippen molar-refractivity contribution in [1.82, 2.24) is 15.2 Å². The largest absolute Gasteiger partial charge is 0.356 e. The Morgan fingerprint density at radius 2 is 2.18 bits per heavy atom. The van der Waals surface area contributed by atoms with Gasteiger partial charge in [0.1, 0.15) is 11.4 Å². The number of para-hydroxylation sites is 1. The SMILES string of the molecule is CC1CC(NS(=O)(=O)Cc2noc3ccccc23)CCN1.Cl. The number of sulfonamides is 1. The van der Waals surface area contributed by atoms with Crippen LogP contribution in [-0.2, 0) is 15.8 Å². The molecular weight excluding hydrogens is 326 g/mol. The van der Waals surface area contributed by atoms with Gasteiger partial charge < -0.3 is 9.84 Å². The molecule has 2 heterocycles. The van der Waals surface area contributed by atoms with Gasteiger partial charge in [0.05, 0.1) is 0 Å². The number of rotatable bonds is 4. The van der Waals surface area contributed by atoms with Crippen LogP contribution in [0.2, 0.25) is 0 Å². The quantitative estimate of drug-likeness (QED) is 0.882. The summed E-state index contributed by atoms with van der Waals surface area (Å²) in [6.07, 6.45) is 1.61. The molecule has 0 radical (unpaired) electrons. The van der Waals surface area contributed by atoms with Gasteiger partial charge in [-0.3, -0.25) is 0 Å². The Labute approximate surface area is 136 Å². The summed E-state index contributed by atoms with van der Waals surface area (Å²) >= 11 is 0. The van der Waals surface area contributed by atoms with Crippen molar-refractivity contribution >= 4 is 33.4 Å². The fourth-order valence-corrected chi connectivity index (χ4v) is 4.13. The van der Waals surface area contributed by atoms with Crippen molar-refractivity contribution in [2.24, 2.45) is 0 Å². The molecule has 0 saturated carbocycles. The van der Waals surface area contributed by atoms with Crippen LogP contribution in [0.15, 0.2) is 28.8 Å². The van der Waals surface area contributed by atoms with Crippen LogP contribution in [0.4, 0.5) is 0 Å². The Morgan fingerprint density at radius 3 is 2.95 bits per heavy atom. The van der Waals surface area contributed by atoms with Gasteiger partial charge in [0.15, 0.2) is 5.58 Å². The highest BCUT2D eigenvalue weighted by Crippen LogP contribution is 2.20. The molecule has 2 N–H and O–H groups in total. The van der Waals surface area contributed by atoms with Gasteiger partial charge in [-0.05, 0) is 38.4 Å². The van der Waals surface area contributed by atoms with Crippen LogP contribution in [0.5, 0.6) is 0 Å². The molecule has 0 aliphatic carbocycles. The zero-order valence-electron chi connectivity index (χ0n) is 12.3. The number of nitrogens with zero attached hydrogens (tertiary/aromatic N) is 1. The standard InChI is InChI=1S/C14H19N3O3S.ClH/c1-10-8-11(6-7-15-10)17-21(18,19)9-13-12-4-2-3-5-14(12)20-16-13;/h2-5,10-11,15,17H,6-9H2,1H3;1H. The molecule has 1 aliphatic rings. The maximum Gasteiger partial charge on any atom is 0.217 e. The van der Waals surface area contributed by atoms with Crippen LogP contribution >= 0.6 is 12.4 Å². The van der Waals surface area contributed by atoms with E-state index >= 15 is 0 Å². The van der Waals surface area contributed by atoms with Crippen molar-refractivity contribution in [3.05, 3.63) is 30.0 Å². The zero-order chi connectivity index (χ0) is 14.9. The van der Waals surface area contributed by atoms with E-state index in [1.165, 1.54) is 0 Å². The lowest BCUT2D eigenvalue weighted by Gasteiger charge is -2.28. The number of aromatic nitrogens is 1. The van der Waals surface area contributed by atoms with Crippen molar-refractivity contribution in [3.8, 4) is 0 Å². The molecule has 2 unspecified atom stereocenters. The van der Waals surface area contributed by atoms with Crippen LogP contribution in [0.1, 0.15) is 25.5 Å². The summed E-state index contributed by atoms with van der Waals surface area (Å²) in [7, 11) is -3.42. The fraction of sp³-hybridized carbons (Fsp3) is 0.500. The molecule has 1 aliphatic heterocycles. The van der Waals surface area contributed by atoms with E-state index in [0.29, 0.717) is 17.3 Å². The van der Waals surface area contributed by atoms with Crippen LogP contribution < -0.4 is 10.0 Å². The third kappa shape index (κ3) is 3.98. The number of hydrogen-bond acceptors (Lipinski definition) is 5. The second-order valence-electron chi connectivity index (χ2n) is 5.58. The molecule has 0 amide bonds. The van der Waals surface area contributed by atoms with Crippen LogP contribution in [0.25, 0.3) is 11.0 Å². The second kappa shape index (κ2) is 6.95. The normalized spacial score (nSPS) is 22.4. The number of benzene rings is 1. The summed E-state index contributed by atoms with van der Waals surface area (Å²) in [6, 6.07) is 7.60. The molecule has 2 atom stereocenters. The molecule has 0 spiro atoms. The van der Waals surface area contributed by atoms with Gasteiger partial charge in [0, 0.05) is 17.5 Å². The average molecular weight is 346 g/mol. The van der Waals surface area contributed by atoms with Crippen molar-refractivity contribution in [2.75, 3.05) is 6.54 Å². The van der Waals surface area contributed by atoms with Crippen molar-refractivity contribution in [3.63, 3.8) is 0 Å². The molecule has 3 rings (SSSR count). The Balaban J connectivity index is 0.00000176. The molecule has 1 fully saturated rings. The highest BCUT2D eigenvalue weighted by Gasteiger charge is 2.24. The summed E-state index contributed by atoms with van der Waals surface area (Å²) in [5, 5.41) is 7.94. The van der Waals surface area contributed by atoms with E-state index in [-0.39, 0.29) is 24.2 Å². The molecule has 1 saturated heterocycles.